The number of benzene rings is 2. The van der Waals surface area contributed by atoms with Crippen molar-refractivity contribution in [2.45, 2.75) is 6.54 Å². The molecule has 8 heteroatoms. The van der Waals surface area contributed by atoms with Gasteiger partial charge in [0, 0.05) is 44.4 Å². The maximum absolute atomic E-state index is 12.0. The van der Waals surface area contributed by atoms with Crippen LogP contribution in [0.1, 0.15) is 11.1 Å². The lowest BCUT2D eigenvalue weighted by molar-refractivity contribution is -0.384. The summed E-state index contributed by atoms with van der Waals surface area (Å²) >= 11 is 0. The molecule has 0 unspecified atom stereocenters. The van der Waals surface area contributed by atoms with Crippen LogP contribution in [0, 0.1) is 10.1 Å². The zero-order valence-electron chi connectivity index (χ0n) is 16.7. The van der Waals surface area contributed by atoms with Gasteiger partial charge in [-0.25, -0.2) is 0 Å². The zero-order chi connectivity index (χ0) is 21.2. The first kappa shape index (κ1) is 21.5. The van der Waals surface area contributed by atoms with Crippen LogP contribution in [0.25, 0.3) is 6.08 Å². The largest absolute Gasteiger partial charge is 0.492 e. The van der Waals surface area contributed by atoms with Crippen molar-refractivity contribution in [2.75, 3.05) is 39.5 Å². The Morgan fingerprint density at radius 3 is 2.70 bits per heavy atom. The summed E-state index contributed by atoms with van der Waals surface area (Å²) in [5.74, 6) is 0.531. The maximum atomic E-state index is 12.0. The van der Waals surface area contributed by atoms with Crippen LogP contribution in [-0.2, 0) is 16.1 Å². The van der Waals surface area contributed by atoms with Crippen LogP contribution in [0.3, 0.4) is 0 Å². The molecule has 158 valence electrons. The van der Waals surface area contributed by atoms with E-state index in [1.807, 2.05) is 24.3 Å². The van der Waals surface area contributed by atoms with E-state index in [1.165, 1.54) is 18.2 Å². The number of carbonyl (C=O) groups is 1. The van der Waals surface area contributed by atoms with Gasteiger partial charge in [-0.1, -0.05) is 12.1 Å². The van der Waals surface area contributed by atoms with Gasteiger partial charge in [0.05, 0.1) is 18.1 Å². The van der Waals surface area contributed by atoms with E-state index in [0.29, 0.717) is 18.7 Å². The van der Waals surface area contributed by atoms with Gasteiger partial charge in [-0.05, 0) is 41.5 Å². The number of morpholine rings is 1. The number of ether oxygens (including phenoxy) is 2. The summed E-state index contributed by atoms with van der Waals surface area (Å²) in [4.78, 5) is 24.6. The number of nitrogens with one attached hydrogen (secondary N) is 1. The van der Waals surface area contributed by atoms with Crippen LogP contribution < -0.4 is 10.1 Å². The first-order valence-corrected chi connectivity index (χ1v) is 9.82. The number of nitrogens with zero attached hydrogens (tertiary/aromatic N) is 2. The lowest BCUT2D eigenvalue weighted by atomic mass is 10.2. The molecule has 0 spiro atoms. The van der Waals surface area contributed by atoms with Gasteiger partial charge in [0.1, 0.15) is 12.4 Å². The normalized spacial score (nSPS) is 14.5. The second kappa shape index (κ2) is 11.1. The summed E-state index contributed by atoms with van der Waals surface area (Å²) < 4.78 is 11.2. The van der Waals surface area contributed by atoms with E-state index in [0.717, 1.165) is 44.2 Å². The highest BCUT2D eigenvalue weighted by atomic mass is 16.6. The summed E-state index contributed by atoms with van der Waals surface area (Å²) in [5.41, 5.74) is 1.67. The SMILES string of the molecule is O=C(/C=C/c1ccc([N+](=O)[O-])cc1)NCc1cccc(OCCN2CCOCC2)c1. The van der Waals surface area contributed by atoms with E-state index >= 15 is 0 Å². The van der Waals surface area contributed by atoms with E-state index in [1.54, 1.807) is 18.2 Å². The smallest absolute Gasteiger partial charge is 0.269 e. The third kappa shape index (κ3) is 6.98. The van der Waals surface area contributed by atoms with Crippen molar-refractivity contribution < 1.29 is 19.2 Å². The van der Waals surface area contributed by atoms with Crippen LogP contribution in [0.4, 0.5) is 5.69 Å². The molecule has 1 saturated heterocycles. The maximum Gasteiger partial charge on any atom is 0.269 e. The summed E-state index contributed by atoms with van der Waals surface area (Å²) in [6, 6.07) is 13.6. The van der Waals surface area contributed by atoms with Gasteiger partial charge in [-0.3, -0.25) is 19.8 Å². The van der Waals surface area contributed by atoms with Gasteiger partial charge in [0.2, 0.25) is 5.91 Å². The molecule has 2 aromatic rings. The number of nitro groups is 1. The number of hydrogen-bond acceptors (Lipinski definition) is 6. The second-order valence-corrected chi connectivity index (χ2v) is 6.85. The minimum Gasteiger partial charge on any atom is -0.492 e. The van der Waals surface area contributed by atoms with Crippen LogP contribution in [-0.4, -0.2) is 55.2 Å². The molecule has 2 aromatic carbocycles. The van der Waals surface area contributed by atoms with Gasteiger partial charge in [0.25, 0.3) is 5.69 Å². The fourth-order valence-corrected chi connectivity index (χ4v) is 2.99. The number of carbonyl (C=O) groups excluding carboxylic acids is 1. The highest BCUT2D eigenvalue weighted by Gasteiger charge is 2.10. The Balaban J connectivity index is 1.42. The molecule has 1 aliphatic heterocycles. The van der Waals surface area contributed by atoms with Crippen molar-refractivity contribution in [3.63, 3.8) is 0 Å². The highest BCUT2D eigenvalue weighted by molar-refractivity contribution is 5.91. The van der Waals surface area contributed by atoms with Gasteiger partial charge >= 0.3 is 0 Å². The van der Waals surface area contributed by atoms with E-state index in [4.69, 9.17) is 9.47 Å². The van der Waals surface area contributed by atoms with Crippen molar-refractivity contribution in [3.05, 3.63) is 75.8 Å². The lowest BCUT2D eigenvalue weighted by Crippen LogP contribution is -2.38. The minimum absolute atomic E-state index is 0.0173. The van der Waals surface area contributed by atoms with Crippen LogP contribution in [0.15, 0.2) is 54.6 Å². The molecule has 30 heavy (non-hydrogen) atoms. The summed E-state index contributed by atoms with van der Waals surface area (Å²) in [6.07, 6.45) is 3.02. The Hall–Kier alpha value is -3.23. The predicted octanol–water partition coefficient (Wildman–Crippen LogP) is 2.64. The average molecular weight is 411 g/mol. The van der Waals surface area contributed by atoms with E-state index in [2.05, 4.69) is 10.2 Å². The summed E-state index contributed by atoms with van der Waals surface area (Å²) in [5, 5.41) is 13.5. The average Bonchev–Trinajstić information content (AvgIpc) is 2.77. The third-order valence-corrected chi connectivity index (χ3v) is 4.68. The first-order valence-electron chi connectivity index (χ1n) is 9.82. The van der Waals surface area contributed by atoms with Crippen molar-refractivity contribution in [2.24, 2.45) is 0 Å². The zero-order valence-corrected chi connectivity index (χ0v) is 16.7. The molecule has 0 saturated carbocycles. The van der Waals surface area contributed by atoms with Gasteiger partial charge in [-0.15, -0.1) is 0 Å². The number of rotatable bonds is 9. The van der Waals surface area contributed by atoms with Crippen molar-refractivity contribution >= 4 is 17.7 Å². The molecule has 1 aliphatic rings. The Morgan fingerprint density at radius 2 is 1.97 bits per heavy atom. The van der Waals surface area contributed by atoms with Crippen molar-refractivity contribution in [1.29, 1.82) is 0 Å². The van der Waals surface area contributed by atoms with E-state index in [9.17, 15) is 14.9 Å². The monoisotopic (exact) mass is 411 g/mol. The summed E-state index contributed by atoms with van der Waals surface area (Å²) in [6.45, 7) is 5.25. The van der Waals surface area contributed by atoms with Crippen LogP contribution in [0.2, 0.25) is 0 Å². The van der Waals surface area contributed by atoms with Gasteiger partial charge in [0.15, 0.2) is 0 Å². The standard InChI is InChI=1S/C22H25N3O5/c26-22(9-6-18-4-7-20(8-5-18)25(27)28)23-17-19-2-1-3-21(16-19)30-15-12-24-10-13-29-14-11-24/h1-9,16H,10-15,17H2,(H,23,26)/b9-6+. The van der Waals surface area contributed by atoms with Gasteiger partial charge in [-0.2, -0.15) is 0 Å². The molecule has 0 radical (unpaired) electrons. The van der Waals surface area contributed by atoms with Gasteiger partial charge < -0.3 is 14.8 Å². The molecule has 1 fully saturated rings. The fraction of sp³-hybridized carbons (Fsp3) is 0.318. The van der Waals surface area contributed by atoms with Crippen molar-refractivity contribution in [1.82, 2.24) is 10.2 Å². The molecular formula is C22H25N3O5. The van der Waals surface area contributed by atoms with E-state index in [-0.39, 0.29) is 11.6 Å². The quantitative estimate of drug-likeness (QED) is 0.387. The summed E-state index contributed by atoms with van der Waals surface area (Å²) in [7, 11) is 0. The Morgan fingerprint density at radius 1 is 1.20 bits per heavy atom. The molecule has 1 amide bonds. The fourth-order valence-electron chi connectivity index (χ4n) is 2.99. The van der Waals surface area contributed by atoms with Crippen LogP contribution in [0.5, 0.6) is 5.75 Å². The molecule has 3 rings (SSSR count). The molecule has 0 bridgehead atoms. The molecule has 1 N–H and O–H groups in total. The molecule has 0 aromatic heterocycles. The van der Waals surface area contributed by atoms with Crippen molar-refractivity contribution in [3.8, 4) is 5.75 Å². The number of amides is 1. The Kier molecular flexibility index (Phi) is 7.94. The number of nitro benzene ring substituents is 1. The Bertz CT molecular complexity index is 877. The molecule has 0 aliphatic carbocycles. The second-order valence-electron chi connectivity index (χ2n) is 6.85. The number of hydrogen-bond donors (Lipinski definition) is 1. The molecule has 0 atom stereocenters. The lowest BCUT2D eigenvalue weighted by Gasteiger charge is -2.26. The predicted molar refractivity (Wildman–Crippen MR) is 113 cm³/mol. The third-order valence-electron chi connectivity index (χ3n) is 4.68. The number of non-ortho nitro benzene ring substituents is 1. The first-order chi connectivity index (χ1) is 14.6. The Labute approximate surface area is 175 Å². The van der Waals surface area contributed by atoms with E-state index < -0.39 is 4.92 Å². The molecular weight excluding hydrogens is 386 g/mol. The van der Waals surface area contributed by atoms with Crippen LogP contribution >= 0.6 is 0 Å². The molecule has 1 heterocycles. The highest BCUT2D eigenvalue weighted by Crippen LogP contribution is 2.14. The minimum atomic E-state index is -0.458. The topological polar surface area (TPSA) is 93.9 Å². The molecule has 8 nitrogen and oxygen atoms in total.